The van der Waals surface area contributed by atoms with Crippen LogP contribution in [0.1, 0.15) is 19.1 Å². The van der Waals surface area contributed by atoms with Gasteiger partial charge in [-0.05, 0) is 6.42 Å². The minimum absolute atomic E-state index is 0.0719. The molecule has 3 rings (SSSR count). The van der Waals surface area contributed by atoms with Crippen LogP contribution < -0.4 is 16.2 Å². The summed E-state index contributed by atoms with van der Waals surface area (Å²) >= 11 is 0. The van der Waals surface area contributed by atoms with E-state index in [-0.39, 0.29) is 43.4 Å². The van der Waals surface area contributed by atoms with Crippen molar-refractivity contribution in [2.24, 2.45) is 0 Å². The Morgan fingerprint density at radius 1 is 1.50 bits per heavy atom. The number of rotatable bonds is 10. The highest BCUT2D eigenvalue weighted by atomic mass is 31.2. The van der Waals surface area contributed by atoms with Gasteiger partial charge in [0.2, 0.25) is 5.95 Å². The Hall–Kier alpha value is -2.35. The van der Waals surface area contributed by atoms with Crippen molar-refractivity contribution < 1.29 is 38.5 Å². The maximum Gasteiger partial charge on any atom is 0.311 e. The first kappa shape index (κ1) is 22.3. The zero-order valence-electron chi connectivity index (χ0n) is 15.7. The summed E-state index contributed by atoms with van der Waals surface area (Å²) in [7, 11) is -4.43. The number of nitrogen functional groups attached to an aromatic ring is 1. The van der Waals surface area contributed by atoms with Crippen LogP contribution in [0.15, 0.2) is 11.1 Å². The van der Waals surface area contributed by atoms with Gasteiger partial charge < -0.3 is 39.4 Å². The Balaban J connectivity index is 1.56. The van der Waals surface area contributed by atoms with Crippen LogP contribution in [0.3, 0.4) is 0 Å². The molecule has 1 fully saturated rings. The third-order valence-electron chi connectivity index (χ3n) is 4.36. The second-order valence-electron chi connectivity index (χ2n) is 6.58. The van der Waals surface area contributed by atoms with E-state index in [4.69, 9.17) is 20.3 Å². The zero-order chi connectivity index (χ0) is 21.9. The summed E-state index contributed by atoms with van der Waals surface area (Å²) in [6.45, 7) is -0.457. The predicted octanol–water partition coefficient (Wildman–Crippen LogP) is -1.59. The second-order valence-corrected chi connectivity index (χ2v) is 8.38. The molecule has 1 aliphatic heterocycles. The Kier molecular flexibility index (Phi) is 6.85. The number of aliphatic hydroxyl groups excluding tert-OH is 1. The lowest BCUT2D eigenvalue weighted by Crippen LogP contribution is -2.28. The van der Waals surface area contributed by atoms with E-state index in [1.54, 1.807) is 0 Å². The van der Waals surface area contributed by atoms with E-state index < -0.39 is 43.7 Å². The lowest BCUT2D eigenvalue weighted by Gasteiger charge is -2.21. The number of fused-ring (bicyclic) bond motifs is 1. The first-order valence-corrected chi connectivity index (χ1v) is 10.7. The second kappa shape index (κ2) is 9.20. The molecular formula is C15H21N5O9P-. The number of ether oxygens (including phenoxy) is 2. The van der Waals surface area contributed by atoms with E-state index in [0.717, 1.165) is 0 Å². The number of nitrogens with zero attached hydrogens (tertiary/aromatic N) is 3. The van der Waals surface area contributed by atoms with Crippen LogP contribution in [-0.4, -0.2) is 73.9 Å². The van der Waals surface area contributed by atoms with Gasteiger partial charge in [-0.15, -0.1) is 0 Å². The molecule has 166 valence electrons. The summed E-state index contributed by atoms with van der Waals surface area (Å²) in [4.78, 5) is 44.1. The number of carbonyl (C=O) groups is 1. The lowest BCUT2D eigenvalue weighted by molar-refractivity contribution is -0.199. The minimum Gasteiger partial charge on any atom is -0.778 e. The predicted molar refractivity (Wildman–Crippen MR) is 98.6 cm³/mol. The molecule has 0 spiro atoms. The molecule has 3 heterocycles. The standard InChI is InChI=1S/C15H22N5O9P/c16-15-18-13-12(14(24)19-15)17-7-20(13)10-4-8(9(5-21)29-10)27-2-1-3-28-30(25,26)6-11(22)23/h7-10,21H,1-6H2,(H,22,23)(H,25,26)(H3,16,18,19,24)/p-1. The molecule has 30 heavy (non-hydrogen) atoms. The van der Waals surface area contributed by atoms with Crippen molar-refractivity contribution in [3.05, 3.63) is 16.7 Å². The van der Waals surface area contributed by atoms with Gasteiger partial charge in [-0.25, -0.2) is 4.98 Å². The Bertz CT molecular complexity index is 1010. The third kappa shape index (κ3) is 5.22. The van der Waals surface area contributed by atoms with Crippen molar-refractivity contribution in [3.8, 4) is 0 Å². The summed E-state index contributed by atoms with van der Waals surface area (Å²) < 4.78 is 28.9. The highest BCUT2D eigenvalue weighted by molar-refractivity contribution is 7.52. The quantitative estimate of drug-likeness (QED) is 0.240. The molecule has 4 atom stereocenters. The Morgan fingerprint density at radius 2 is 2.27 bits per heavy atom. The largest absolute Gasteiger partial charge is 0.778 e. The number of imidazole rings is 1. The molecule has 1 saturated heterocycles. The van der Waals surface area contributed by atoms with Crippen molar-refractivity contribution in [2.75, 3.05) is 31.7 Å². The van der Waals surface area contributed by atoms with Crippen LogP contribution in [0.25, 0.3) is 11.2 Å². The van der Waals surface area contributed by atoms with E-state index >= 15 is 0 Å². The zero-order valence-corrected chi connectivity index (χ0v) is 16.6. The molecule has 1 aliphatic rings. The van der Waals surface area contributed by atoms with E-state index in [1.807, 2.05) is 0 Å². The highest BCUT2D eigenvalue weighted by Crippen LogP contribution is 2.36. The van der Waals surface area contributed by atoms with Gasteiger partial charge in [0, 0.05) is 13.0 Å². The van der Waals surface area contributed by atoms with Crippen LogP contribution in [0.4, 0.5) is 5.95 Å². The first-order valence-electron chi connectivity index (χ1n) is 8.97. The molecule has 14 nitrogen and oxygen atoms in total. The molecule has 15 heteroatoms. The summed E-state index contributed by atoms with van der Waals surface area (Å²) in [6, 6.07) is 0. The lowest BCUT2D eigenvalue weighted by atomic mass is 10.2. The number of aromatic nitrogens is 4. The SMILES string of the molecule is Nc1nc2c(ncn2C2CC(OCCCOP(=O)([O-])CC(=O)O)C(CO)O2)c(=O)[nH]1. The molecule has 0 aromatic carbocycles. The first-order chi connectivity index (χ1) is 14.2. The fourth-order valence-electron chi connectivity index (χ4n) is 3.07. The number of hydrogen-bond donors (Lipinski definition) is 4. The molecule has 5 N–H and O–H groups in total. The van der Waals surface area contributed by atoms with Crippen molar-refractivity contribution in [1.29, 1.82) is 0 Å². The number of aliphatic carboxylic acids is 1. The topological polar surface area (TPSA) is 215 Å². The van der Waals surface area contributed by atoms with Crippen molar-refractivity contribution in [1.82, 2.24) is 19.5 Å². The van der Waals surface area contributed by atoms with Crippen LogP contribution in [0, 0.1) is 0 Å². The average molecular weight is 446 g/mol. The van der Waals surface area contributed by atoms with Crippen LogP contribution in [0.5, 0.6) is 0 Å². The summed E-state index contributed by atoms with van der Waals surface area (Å²) in [5.41, 5.74) is 5.43. The van der Waals surface area contributed by atoms with Crippen molar-refractivity contribution >= 4 is 30.7 Å². The minimum atomic E-state index is -4.43. The van der Waals surface area contributed by atoms with Crippen LogP contribution in [0.2, 0.25) is 0 Å². The number of aromatic amines is 1. The molecule has 0 radical (unpaired) electrons. The number of hydrogen-bond acceptors (Lipinski definition) is 11. The Labute approximate surface area is 169 Å². The van der Waals surface area contributed by atoms with Crippen molar-refractivity contribution in [2.45, 2.75) is 31.3 Å². The molecule has 4 unspecified atom stereocenters. The maximum atomic E-state index is 11.9. The molecule has 0 saturated carbocycles. The molecule has 0 amide bonds. The van der Waals surface area contributed by atoms with Crippen molar-refractivity contribution in [3.63, 3.8) is 0 Å². The van der Waals surface area contributed by atoms with Gasteiger partial charge in [-0.3, -0.25) is 19.1 Å². The van der Waals surface area contributed by atoms with Gasteiger partial charge in [0.25, 0.3) is 5.56 Å². The number of anilines is 1. The molecule has 0 bridgehead atoms. The van der Waals surface area contributed by atoms with E-state index in [9.17, 15) is 24.2 Å². The summed E-state index contributed by atoms with van der Waals surface area (Å²) in [5, 5.41) is 18.1. The fourth-order valence-corrected chi connectivity index (χ4v) is 3.90. The molecule has 2 aromatic rings. The third-order valence-corrected chi connectivity index (χ3v) is 5.59. The van der Waals surface area contributed by atoms with Gasteiger partial charge in [0.15, 0.2) is 11.2 Å². The molecule has 2 aromatic heterocycles. The molecule has 0 aliphatic carbocycles. The van der Waals surface area contributed by atoms with Crippen LogP contribution in [-0.2, 0) is 23.4 Å². The number of nitrogens with two attached hydrogens (primary N) is 1. The smallest absolute Gasteiger partial charge is 0.311 e. The number of carboxylic acid groups (broad SMARTS) is 1. The molecular weight excluding hydrogens is 425 g/mol. The monoisotopic (exact) mass is 446 g/mol. The number of H-pyrrole nitrogens is 1. The average Bonchev–Trinajstić information content (AvgIpc) is 3.23. The van der Waals surface area contributed by atoms with Gasteiger partial charge in [-0.1, -0.05) is 0 Å². The highest BCUT2D eigenvalue weighted by Gasteiger charge is 2.37. The van der Waals surface area contributed by atoms with Gasteiger partial charge >= 0.3 is 5.97 Å². The fraction of sp³-hybridized carbons (Fsp3) is 0.600. The van der Waals surface area contributed by atoms with Gasteiger partial charge in [-0.2, -0.15) is 4.98 Å². The number of carboxylic acids is 1. The van der Waals surface area contributed by atoms with E-state index in [2.05, 4.69) is 19.5 Å². The van der Waals surface area contributed by atoms with E-state index in [1.165, 1.54) is 10.9 Å². The summed E-state index contributed by atoms with van der Waals surface area (Å²) in [5.74, 6) is -1.56. The van der Waals surface area contributed by atoms with Gasteiger partial charge in [0.1, 0.15) is 26.1 Å². The number of nitrogens with one attached hydrogen (secondary N) is 1. The van der Waals surface area contributed by atoms with Crippen LogP contribution >= 0.6 is 7.60 Å². The van der Waals surface area contributed by atoms with E-state index in [0.29, 0.717) is 6.42 Å². The maximum absolute atomic E-state index is 11.9. The van der Waals surface area contributed by atoms with Gasteiger partial charge in [0.05, 0.1) is 25.6 Å². The number of aliphatic hydroxyl groups is 1. The summed E-state index contributed by atoms with van der Waals surface area (Å²) in [6.07, 6.45) is -0.994. The normalized spacial score (nSPS) is 23.6. The Morgan fingerprint density at radius 3 is 2.97 bits per heavy atom.